The summed E-state index contributed by atoms with van der Waals surface area (Å²) in [6.45, 7) is 2.90. The Morgan fingerprint density at radius 2 is 2.08 bits per heavy atom. The van der Waals surface area contributed by atoms with Gasteiger partial charge in [-0.15, -0.1) is 0 Å². The Morgan fingerprint density at radius 1 is 1.25 bits per heavy atom. The molecular formula is C19H19NO4. The molecule has 1 amide bonds. The number of furan rings is 1. The van der Waals surface area contributed by atoms with Gasteiger partial charge in [0.25, 0.3) is 0 Å². The second-order valence-corrected chi connectivity index (χ2v) is 6.30. The molecule has 24 heavy (non-hydrogen) atoms. The number of carbonyl (C=O) groups is 1. The van der Waals surface area contributed by atoms with Crippen LogP contribution in [0.15, 0.2) is 40.8 Å². The maximum atomic E-state index is 11.9. The van der Waals surface area contributed by atoms with Crippen LogP contribution in [0, 0.1) is 5.92 Å². The molecule has 124 valence electrons. The van der Waals surface area contributed by atoms with Crippen LogP contribution in [-0.2, 0) is 11.3 Å². The summed E-state index contributed by atoms with van der Waals surface area (Å²) in [6.07, 6.45) is 4.38. The molecule has 0 saturated heterocycles. The van der Waals surface area contributed by atoms with E-state index in [2.05, 4.69) is 12.2 Å². The number of rotatable bonds is 5. The minimum atomic E-state index is -0.162. The van der Waals surface area contributed by atoms with Crippen LogP contribution in [-0.4, -0.2) is 12.7 Å². The van der Waals surface area contributed by atoms with Crippen molar-refractivity contribution < 1.29 is 18.7 Å². The fraction of sp³-hybridized carbons (Fsp3) is 0.316. The number of amides is 1. The lowest BCUT2D eigenvalue weighted by Crippen LogP contribution is -2.20. The Hall–Kier alpha value is -2.69. The molecule has 1 fully saturated rings. The highest BCUT2D eigenvalue weighted by Crippen LogP contribution is 2.47. The highest BCUT2D eigenvalue weighted by molar-refractivity contribution is 5.91. The zero-order chi connectivity index (χ0) is 16.5. The van der Waals surface area contributed by atoms with Gasteiger partial charge in [0.1, 0.15) is 11.5 Å². The lowest BCUT2D eigenvalue weighted by atomic mass is 10.2. The molecule has 2 aliphatic rings. The molecule has 2 atom stereocenters. The molecule has 5 heteroatoms. The summed E-state index contributed by atoms with van der Waals surface area (Å²) >= 11 is 0. The van der Waals surface area contributed by atoms with Crippen molar-refractivity contribution in [3.8, 4) is 11.5 Å². The number of hydrogen-bond donors (Lipinski definition) is 1. The summed E-state index contributed by atoms with van der Waals surface area (Å²) in [5.41, 5.74) is 0.962. The topological polar surface area (TPSA) is 60.7 Å². The summed E-state index contributed by atoms with van der Waals surface area (Å²) in [4.78, 5) is 11.9. The maximum Gasteiger partial charge on any atom is 0.244 e. The monoisotopic (exact) mass is 325 g/mol. The van der Waals surface area contributed by atoms with Gasteiger partial charge in [-0.3, -0.25) is 4.79 Å². The van der Waals surface area contributed by atoms with E-state index in [1.54, 1.807) is 6.08 Å². The summed E-state index contributed by atoms with van der Waals surface area (Å²) in [7, 11) is 0. The van der Waals surface area contributed by atoms with Crippen LogP contribution < -0.4 is 14.8 Å². The summed E-state index contributed by atoms with van der Waals surface area (Å²) in [6, 6.07) is 9.54. The molecule has 1 aliphatic carbocycles. The molecule has 0 bridgehead atoms. The predicted octanol–water partition coefficient (Wildman–Crippen LogP) is 3.46. The van der Waals surface area contributed by atoms with E-state index in [0.717, 1.165) is 22.8 Å². The molecule has 2 aromatic rings. The van der Waals surface area contributed by atoms with Gasteiger partial charge in [-0.05, 0) is 48.2 Å². The van der Waals surface area contributed by atoms with Crippen LogP contribution in [0.2, 0.25) is 0 Å². The molecule has 1 aliphatic heterocycles. The van der Waals surface area contributed by atoms with Crippen molar-refractivity contribution in [1.29, 1.82) is 0 Å². The van der Waals surface area contributed by atoms with E-state index in [9.17, 15) is 4.79 Å². The first-order chi connectivity index (χ1) is 11.7. The Kier molecular flexibility index (Phi) is 3.76. The highest BCUT2D eigenvalue weighted by atomic mass is 16.7. The Bertz CT molecular complexity index is 792. The number of nitrogens with one attached hydrogen (secondary N) is 1. The van der Waals surface area contributed by atoms with Crippen molar-refractivity contribution in [2.24, 2.45) is 5.92 Å². The van der Waals surface area contributed by atoms with Crippen molar-refractivity contribution in [1.82, 2.24) is 5.32 Å². The second-order valence-electron chi connectivity index (χ2n) is 6.30. The lowest BCUT2D eigenvalue weighted by molar-refractivity contribution is -0.116. The molecule has 1 saturated carbocycles. The number of carbonyl (C=O) groups excluding carboxylic acids is 1. The van der Waals surface area contributed by atoms with Crippen molar-refractivity contribution >= 4 is 12.0 Å². The fourth-order valence-corrected chi connectivity index (χ4v) is 2.83. The first-order valence-electron chi connectivity index (χ1n) is 8.13. The van der Waals surface area contributed by atoms with Crippen molar-refractivity contribution in [3.05, 3.63) is 53.5 Å². The summed E-state index contributed by atoms with van der Waals surface area (Å²) in [5.74, 6) is 4.28. The number of hydrogen-bond acceptors (Lipinski definition) is 4. The Labute approximate surface area is 140 Å². The molecule has 5 nitrogen and oxygen atoms in total. The van der Waals surface area contributed by atoms with Gasteiger partial charge in [0.05, 0.1) is 0 Å². The molecule has 2 unspecified atom stereocenters. The minimum Gasteiger partial charge on any atom is -0.461 e. The van der Waals surface area contributed by atoms with E-state index >= 15 is 0 Å². The maximum absolute atomic E-state index is 11.9. The van der Waals surface area contributed by atoms with Crippen LogP contribution in [0.3, 0.4) is 0 Å². The normalized spacial score (nSPS) is 21.2. The van der Waals surface area contributed by atoms with Crippen LogP contribution in [0.4, 0.5) is 0 Å². The molecule has 1 aromatic carbocycles. The molecule has 0 spiro atoms. The lowest BCUT2D eigenvalue weighted by Gasteiger charge is -2.03. The molecule has 0 radical (unpaired) electrons. The second kappa shape index (κ2) is 6.07. The van der Waals surface area contributed by atoms with Crippen LogP contribution in [0.25, 0.3) is 6.08 Å². The van der Waals surface area contributed by atoms with Gasteiger partial charge < -0.3 is 19.2 Å². The largest absolute Gasteiger partial charge is 0.461 e. The molecule has 2 heterocycles. The van der Waals surface area contributed by atoms with E-state index < -0.39 is 0 Å². The predicted molar refractivity (Wildman–Crippen MR) is 88.7 cm³/mol. The number of ether oxygens (including phenoxy) is 2. The van der Waals surface area contributed by atoms with Gasteiger partial charge in [-0.2, -0.15) is 0 Å². The van der Waals surface area contributed by atoms with Crippen LogP contribution in [0.1, 0.15) is 36.3 Å². The standard InChI is InChI=1S/C19H19NO4/c1-12-8-15(12)16-6-3-14(24-16)4-7-19(21)20-10-13-2-5-17-18(9-13)23-11-22-17/h2-7,9,12,15H,8,10-11H2,1H3,(H,20,21)/b7-4+. The summed E-state index contributed by atoms with van der Waals surface area (Å²) < 4.78 is 16.3. The quantitative estimate of drug-likeness (QED) is 0.855. The zero-order valence-electron chi connectivity index (χ0n) is 13.5. The van der Waals surface area contributed by atoms with Crippen molar-refractivity contribution in [2.45, 2.75) is 25.8 Å². The molecule has 4 rings (SSSR count). The first-order valence-corrected chi connectivity index (χ1v) is 8.13. The van der Waals surface area contributed by atoms with E-state index in [1.165, 1.54) is 12.5 Å². The Morgan fingerprint density at radius 3 is 2.92 bits per heavy atom. The zero-order valence-corrected chi connectivity index (χ0v) is 13.5. The average molecular weight is 325 g/mol. The van der Waals surface area contributed by atoms with Gasteiger partial charge in [0.15, 0.2) is 11.5 Å². The Balaban J connectivity index is 1.31. The van der Waals surface area contributed by atoms with Gasteiger partial charge in [0.2, 0.25) is 12.7 Å². The number of fused-ring (bicyclic) bond motifs is 1. The van der Waals surface area contributed by atoms with E-state index in [1.807, 2.05) is 30.3 Å². The van der Waals surface area contributed by atoms with E-state index in [4.69, 9.17) is 13.9 Å². The van der Waals surface area contributed by atoms with Gasteiger partial charge in [-0.25, -0.2) is 0 Å². The van der Waals surface area contributed by atoms with Crippen LogP contribution >= 0.6 is 0 Å². The molecule has 1 aromatic heterocycles. The fourth-order valence-electron chi connectivity index (χ4n) is 2.83. The third kappa shape index (κ3) is 3.15. The van der Waals surface area contributed by atoms with Crippen LogP contribution in [0.5, 0.6) is 11.5 Å². The molecular weight excluding hydrogens is 306 g/mol. The van der Waals surface area contributed by atoms with Gasteiger partial charge in [0, 0.05) is 18.5 Å². The molecule has 1 N–H and O–H groups in total. The number of benzene rings is 1. The average Bonchev–Trinajstić information content (AvgIpc) is 3.02. The van der Waals surface area contributed by atoms with Gasteiger partial charge in [-0.1, -0.05) is 13.0 Å². The van der Waals surface area contributed by atoms with Crippen molar-refractivity contribution in [3.63, 3.8) is 0 Å². The smallest absolute Gasteiger partial charge is 0.244 e. The van der Waals surface area contributed by atoms with E-state index in [-0.39, 0.29) is 12.7 Å². The van der Waals surface area contributed by atoms with E-state index in [0.29, 0.717) is 24.1 Å². The third-order valence-corrected chi connectivity index (χ3v) is 4.43. The SMILES string of the molecule is CC1CC1c1ccc(/C=C/C(=O)NCc2ccc3c(c2)OCO3)o1. The minimum absolute atomic E-state index is 0.162. The first kappa shape index (κ1) is 14.9. The van der Waals surface area contributed by atoms with Gasteiger partial charge >= 0.3 is 0 Å². The highest BCUT2D eigenvalue weighted by Gasteiger charge is 2.36. The third-order valence-electron chi connectivity index (χ3n) is 4.43. The summed E-state index contributed by atoms with van der Waals surface area (Å²) in [5, 5.41) is 2.85. The van der Waals surface area contributed by atoms with Crippen molar-refractivity contribution in [2.75, 3.05) is 6.79 Å².